The van der Waals surface area contributed by atoms with Crippen LogP contribution in [0, 0.1) is 21.4 Å². The van der Waals surface area contributed by atoms with Crippen molar-refractivity contribution in [1.82, 2.24) is 0 Å². The van der Waals surface area contributed by atoms with Gasteiger partial charge < -0.3 is 4.74 Å². The molecule has 7 nitrogen and oxygen atoms in total. The van der Waals surface area contributed by atoms with E-state index in [-0.39, 0.29) is 17.9 Å². The molecule has 0 spiro atoms. The van der Waals surface area contributed by atoms with Crippen molar-refractivity contribution in [2.75, 3.05) is 6.61 Å². The molecule has 0 heterocycles. The first-order valence-electron chi connectivity index (χ1n) is 4.61. The number of nitriles is 1. The first-order chi connectivity index (χ1) is 8.31. The lowest BCUT2D eigenvalue weighted by atomic mass is 10.2. The summed E-state index contributed by atoms with van der Waals surface area (Å²) in [5.41, 5.74) is -0.875. The fourth-order valence-electron chi connectivity index (χ4n) is 1.24. The number of ether oxygens (including phenoxy) is 1. The van der Waals surface area contributed by atoms with Crippen molar-refractivity contribution in [3.63, 3.8) is 0 Å². The predicted octanol–water partition coefficient (Wildman–Crippen LogP) is 1.79. The van der Waals surface area contributed by atoms with Crippen LogP contribution in [0.2, 0.25) is 0 Å². The van der Waals surface area contributed by atoms with E-state index in [4.69, 9.17) is 20.7 Å². The summed E-state index contributed by atoms with van der Waals surface area (Å²) in [6, 6.07) is 3.32. The van der Waals surface area contributed by atoms with Crippen molar-refractivity contribution >= 4 is 25.4 Å². The Morgan fingerprint density at radius 2 is 2.17 bits per heavy atom. The van der Waals surface area contributed by atoms with Crippen molar-refractivity contribution in [1.29, 1.82) is 5.26 Å². The van der Waals surface area contributed by atoms with Gasteiger partial charge in [0, 0.05) is 16.7 Å². The normalized spacial score (nSPS) is 10.7. The molecule has 0 aromatic heterocycles. The molecule has 0 saturated heterocycles. The Bertz CT molecular complexity index is 635. The second-order valence-corrected chi connectivity index (χ2v) is 5.62. The molecule has 0 saturated carbocycles. The van der Waals surface area contributed by atoms with Gasteiger partial charge in [0.2, 0.25) is 5.75 Å². The number of benzene rings is 1. The zero-order chi connectivity index (χ0) is 13.9. The van der Waals surface area contributed by atoms with Crippen LogP contribution in [-0.4, -0.2) is 19.9 Å². The SMILES string of the molecule is CCOc1c(C#N)cc(S(=O)(=O)Cl)cc1[N+](=O)[O-]. The summed E-state index contributed by atoms with van der Waals surface area (Å²) >= 11 is 0. The van der Waals surface area contributed by atoms with E-state index in [0.29, 0.717) is 0 Å². The van der Waals surface area contributed by atoms with E-state index >= 15 is 0 Å². The number of nitro groups is 1. The lowest BCUT2D eigenvalue weighted by molar-refractivity contribution is -0.386. The molecule has 9 heteroatoms. The van der Waals surface area contributed by atoms with Crippen LogP contribution in [0.4, 0.5) is 5.69 Å². The van der Waals surface area contributed by atoms with Gasteiger partial charge in [-0.15, -0.1) is 0 Å². The lowest BCUT2D eigenvalue weighted by Crippen LogP contribution is -2.02. The van der Waals surface area contributed by atoms with Gasteiger partial charge in [0.25, 0.3) is 9.05 Å². The number of hydrogen-bond acceptors (Lipinski definition) is 6. The maximum absolute atomic E-state index is 11.1. The molecule has 0 radical (unpaired) electrons. The van der Waals surface area contributed by atoms with Crippen LogP contribution in [0.1, 0.15) is 12.5 Å². The average molecular weight is 291 g/mol. The van der Waals surface area contributed by atoms with Crippen LogP contribution in [0.15, 0.2) is 17.0 Å². The molecular weight excluding hydrogens is 284 g/mol. The monoisotopic (exact) mass is 290 g/mol. The lowest BCUT2D eigenvalue weighted by Gasteiger charge is -2.07. The van der Waals surface area contributed by atoms with Crippen LogP contribution < -0.4 is 4.74 Å². The molecule has 0 atom stereocenters. The smallest absolute Gasteiger partial charge is 0.313 e. The van der Waals surface area contributed by atoms with Crippen molar-refractivity contribution in [3.05, 3.63) is 27.8 Å². The molecule has 96 valence electrons. The highest BCUT2D eigenvalue weighted by atomic mass is 35.7. The van der Waals surface area contributed by atoms with E-state index in [2.05, 4.69) is 0 Å². The summed E-state index contributed by atoms with van der Waals surface area (Å²) in [7, 11) is 0.931. The van der Waals surface area contributed by atoms with Gasteiger partial charge in [-0.3, -0.25) is 10.1 Å². The molecule has 18 heavy (non-hydrogen) atoms. The number of nitrogens with zero attached hydrogens (tertiary/aromatic N) is 2. The van der Waals surface area contributed by atoms with Gasteiger partial charge in [0.1, 0.15) is 11.6 Å². The minimum absolute atomic E-state index is 0.0997. The molecule has 0 aliphatic rings. The summed E-state index contributed by atoms with van der Waals surface area (Å²) in [5, 5.41) is 19.7. The Labute approximate surface area is 107 Å². The van der Waals surface area contributed by atoms with Crippen molar-refractivity contribution in [2.45, 2.75) is 11.8 Å². The van der Waals surface area contributed by atoms with Gasteiger partial charge in [-0.05, 0) is 13.0 Å². The molecule has 1 rings (SSSR count). The van der Waals surface area contributed by atoms with E-state index < -0.39 is 24.6 Å². The topological polar surface area (TPSA) is 110 Å². The third kappa shape index (κ3) is 2.88. The van der Waals surface area contributed by atoms with Gasteiger partial charge >= 0.3 is 5.69 Å². The van der Waals surface area contributed by atoms with Crippen LogP contribution in [-0.2, 0) is 9.05 Å². The molecule has 0 aliphatic heterocycles. The van der Waals surface area contributed by atoms with E-state index in [0.717, 1.165) is 12.1 Å². The van der Waals surface area contributed by atoms with Crippen molar-refractivity contribution in [3.8, 4) is 11.8 Å². The summed E-state index contributed by atoms with van der Waals surface area (Å²) in [5.74, 6) is -0.269. The average Bonchev–Trinajstić information content (AvgIpc) is 2.27. The maximum atomic E-state index is 11.1. The maximum Gasteiger partial charge on any atom is 0.313 e. The molecular formula is C9H7ClN2O5S. The van der Waals surface area contributed by atoms with Gasteiger partial charge in [0.05, 0.1) is 16.4 Å². The summed E-state index contributed by atoms with van der Waals surface area (Å²) < 4.78 is 27.3. The fraction of sp³-hybridized carbons (Fsp3) is 0.222. The highest BCUT2D eigenvalue weighted by molar-refractivity contribution is 8.13. The van der Waals surface area contributed by atoms with E-state index in [9.17, 15) is 18.5 Å². The standard InChI is InChI=1S/C9H7ClN2O5S/c1-2-17-9-6(5-11)3-7(18(10,15)16)4-8(9)12(13)14/h3-4H,2H2,1H3. The minimum atomic E-state index is -4.16. The van der Waals surface area contributed by atoms with Crippen LogP contribution in [0.3, 0.4) is 0 Å². The Balaban J connectivity index is 3.65. The summed E-state index contributed by atoms with van der Waals surface area (Å²) in [6.45, 7) is 1.68. The zero-order valence-electron chi connectivity index (χ0n) is 9.08. The van der Waals surface area contributed by atoms with Gasteiger partial charge in [0.15, 0.2) is 0 Å². The molecule has 0 unspecified atom stereocenters. The van der Waals surface area contributed by atoms with Crippen LogP contribution in [0.5, 0.6) is 5.75 Å². The first-order valence-corrected chi connectivity index (χ1v) is 6.92. The van der Waals surface area contributed by atoms with Crippen molar-refractivity contribution in [2.24, 2.45) is 0 Å². The van der Waals surface area contributed by atoms with Gasteiger partial charge in [-0.2, -0.15) is 5.26 Å². The van der Waals surface area contributed by atoms with E-state index in [1.165, 1.54) is 0 Å². The highest BCUT2D eigenvalue weighted by Gasteiger charge is 2.25. The number of hydrogen-bond donors (Lipinski definition) is 0. The molecule has 0 aliphatic carbocycles. The second kappa shape index (κ2) is 5.20. The first kappa shape index (κ1) is 14.2. The van der Waals surface area contributed by atoms with Crippen LogP contribution in [0.25, 0.3) is 0 Å². The molecule has 0 fully saturated rings. The largest absolute Gasteiger partial charge is 0.486 e. The predicted molar refractivity (Wildman–Crippen MR) is 62.0 cm³/mol. The fourth-order valence-corrected chi connectivity index (χ4v) is 2.02. The molecule has 1 aromatic rings. The Morgan fingerprint density at radius 3 is 2.56 bits per heavy atom. The molecule has 1 aromatic carbocycles. The molecule has 0 amide bonds. The Kier molecular flexibility index (Phi) is 4.11. The zero-order valence-corrected chi connectivity index (χ0v) is 10.7. The van der Waals surface area contributed by atoms with Crippen LogP contribution >= 0.6 is 10.7 Å². The Hall–Kier alpha value is -1.85. The molecule has 0 N–H and O–H groups in total. The second-order valence-electron chi connectivity index (χ2n) is 3.06. The third-order valence-corrected chi connectivity index (χ3v) is 3.26. The van der Waals surface area contributed by atoms with Crippen molar-refractivity contribution < 1.29 is 18.1 Å². The van der Waals surface area contributed by atoms with E-state index in [1.54, 1.807) is 13.0 Å². The summed E-state index contributed by atoms with van der Waals surface area (Å²) in [4.78, 5) is 9.47. The number of rotatable bonds is 4. The number of halogens is 1. The minimum Gasteiger partial charge on any atom is -0.486 e. The van der Waals surface area contributed by atoms with Gasteiger partial charge in [-0.25, -0.2) is 8.42 Å². The summed E-state index contributed by atoms with van der Waals surface area (Å²) in [6.07, 6.45) is 0. The van der Waals surface area contributed by atoms with E-state index in [1.807, 2.05) is 0 Å². The van der Waals surface area contributed by atoms with Gasteiger partial charge in [-0.1, -0.05) is 0 Å². The molecule has 0 bridgehead atoms. The number of nitro benzene ring substituents is 1. The highest BCUT2D eigenvalue weighted by Crippen LogP contribution is 2.34. The third-order valence-electron chi connectivity index (χ3n) is 1.93. The Morgan fingerprint density at radius 1 is 1.56 bits per heavy atom. The quantitative estimate of drug-likeness (QED) is 0.475.